The SMILES string of the molecule is [CH2]C(C)(CCC)C(C)(O)c1ccccc1. The zero-order chi connectivity index (χ0) is 11.5. The summed E-state index contributed by atoms with van der Waals surface area (Å²) in [6.07, 6.45) is 1.94. The molecule has 2 atom stereocenters. The number of aliphatic hydroxyl groups is 1. The fraction of sp³-hybridized carbons (Fsp3) is 0.500. The molecule has 0 saturated heterocycles. The maximum absolute atomic E-state index is 10.6. The molecule has 0 aliphatic heterocycles. The Morgan fingerprint density at radius 2 is 1.73 bits per heavy atom. The third kappa shape index (κ3) is 2.40. The van der Waals surface area contributed by atoms with Gasteiger partial charge in [0.2, 0.25) is 0 Å². The Kier molecular flexibility index (Phi) is 3.56. The van der Waals surface area contributed by atoms with Crippen molar-refractivity contribution in [2.45, 2.75) is 39.2 Å². The minimum absolute atomic E-state index is 0.344. The van der Waals surface area contributed by atoms with Crippen molar-refractivity contribution in [2.75, 3.05) is 0 Å². The van der Waals surface area contributed by atoms with Crippen LogP contribution in [0.1, 0.15) is 39.2 Å². The van der Waals surface area contributed by atoms with E-state index in [9.17, 15) is 5.11 Å². The van der Waals surface area contributed by atoms with Crippen LogP contribution in [0.25, 0.3) is 0 Å². The highest BCUT2D eigenvalue weighted by Crippen LogP contribution is 2.42. The summed E-state index contributed by atoms with van der Waals surface area (Å²) < 4.78 is 0. The van der Waals surface area contributed by atoms with E-state index in [1.165, 1.54) is 0 Å². The van der Waals surface area contributed by atoms with Crippen LogP contribution >= 0.6 is 0 Å². The first-order chi connectivity index (χ1) is 6.92. The van der Waals surface area contributed by atoms with E-state index < -0.39 is 5.60 Å². The number of hydrogen-bond acceptors (Lipinski definition) is 1. The van der Waals surface area contributed by atoms with Gasteiger partial charge in [-0.15, -0.1) is 0 Å². The van der Waals surface area contributed by atoms with Gasteiger partial charge in [0, 0.05) is 5.41 Å². The third-order valence-electron chi connectivity index (χ3n) is 3.31. The second-order valence-corrected chi connectivity index (χ2v) is 4.75. The molecule has 1 radical (unpaired) electrons. The highest BCUT2D eigenvalue weighted by atomic mass is 16.3. The monoisotopic (exact) mass is 205 g/mol. The molecule has 0 fully saturated rings. The first-order valence-corrected chi connectivity index (χ1v) is 5.55. The molecule has 2 unspecified atom stereocenters. The molecule has 1 rings (SSSR count). The molecule has 0 heterocycles. The summed E-state index contributed by atoms with van der Waals surface area (Å²) in [5.41, 5.74) is -0.274. The molecule has 15 heavy (non-hydrogen) atoms. The van der Waals surface area contributed by atoms with E-state index >= 15 is 0 Å². The van der Waals surface area contributed by atoms with Crippen molar-refractivity contribution in [1.82, 2.24) is 0 Å². The van der Waals surface area contributed by atoms with Crippen LogP contribution < -0.4 is 0 Å². The van der Waals surface area contributed by atoms with Crippen molar-refractivity contribution < 1.29 is 5.11 Å². The smallest absolute Gasteiger partial charge is 0.0921 e. The summed E-state index contributed by atoms with van der Waals surface area (Å²) in [5.74, 6) is 0. The van der Waals surface area contributed by atoms with Gasteiger partial charge in [-0.05, 0) is 25.8 Å². The summed E-state index contributed by atoms with van der Waals surface area (Å²) in [6.45, 7) is 10.1. The van der Waals surface area contributed by atoms with Crippen molar-refractivity contribution >= 4 is 0 Å². The van der Waals surface area contributed by atoms with Gasteiger partial charge < -0.3 is 5.11 Å². The van der Waals surface area contributed by atoms with Crippen LogP contribution in [0.15, 0.2) is 30.3 Å². The van der Waals surface area contributed by atoms with Gasteiger partial charge in [-0.3, -0.25) is 0 Å². The van der Waals surface area contributed by atoms with Crippen LogP contribution in [0.2, 0.25) is 0 Å². The van der Waals surface area contributed by atoms with Gasteiger partial charge in [0.1, 0.15) is 0 Å². The van der Waals surface area contributed by atoms with Gasteiger partial charge in [0.15, 0.2) is 0 Å². The summed E-state index contributed by atoms with van der Waals surface area (Å²) in [7, 11) is 0. The van der Waals surface area contributed by atoms with Crippen molar-refractivity contribution in [3.05, 3.63) is 42.8 Å². The van der Waals surface area contributed by atoms with Gasteiger partial charge in [-0.2, -0.15) is 0 Å². The first kappa shape index (κ1) is 12.3. The minimum Gasteiger partial charge on any atom is -0.385 e. The summed E-state index contributed by atoms with van der Waals surface area (Å²) >= 11 is 0. The van der Waals surface area contributed by atoms with E-state index in [-0.39, 0.29) is 5.41 Å². The Hall–Kier alpha value is -0.820. The van der Waals surface area contributed by atoms with Crippen molar-refractivity contribution in [1.29, 1.82) is 0 Å². The molecule has 1 nitrogen and oxygen atoms in total. The second-order valence-electron chi connectivity index (χ2n) is 4.75. The second kappa shape index (κ2) is 4.36. The van der Waals surface area contributed by atoms with Crippen molar-refractivity contribution in [3.8, 4) is 0 Å². The lowest BCUT2D eigenvalue weighted by molar-refractivity contribution is -0.0467. The number of benzene rings is 1. The van der Waals surface area contributed by atoms with Crippen LogP contribution in [0.5, 0.6) is 0 Å². The zero-order valence-corrected chi connectivity index (χ0v) is 9.96. The van der Waals surface area contributed by atoms with Crippen LogP contribution in [0.4, 0.5) is 0 Å². The Morgan fingerprint density at radius 3 is 2.20 bits per heavy atom. The molecule has 0 amide bonds. The maximum Gasteiger partial charge on any atom is 0.0921 e. The topological polar surface area (TPSA) is 20.2 Å². The van der Waals surface area contributed by atoms with E-state index in [0.29, 0.717) is 0 Å². The average molecular weight is 205 g/mol. The van der Waals surface area contributed by atoms with Crippen LogP contribution in [0.3, 0.4) is 0 Å². The molecule has 0 bridgehead atoms. The normalized spacial score (nSPS) is 16.1. The fourth-order valence-corrected chi connectivity index (χ4v) is 1.91. The number of hydrogen-bond donors (Lipinski definition) is 1. The Bertz CT molecular complexity index is 298. The van der Waals surface area contributed by atoms with Gasteiger partial charge in [0.05, 0.1) is 5.60 Å². The molecule has 0 spiro atoms. The molecule has 0 aliphatic rings. The van der Waals surface area contributed by atoms with E-state index in [0.717, 1.165) is 18.4 Å². The Labute approximate surface area is 93.1 Å². The van der Waals surface area contributed by atoms with Gasteiger partial charge in [0.25, 0.3) is 0 Å². The predicted molar refractivity (Wildman–Crippen MR) is 64.4 cm³/mol. The molecular formula is C14H21O. The highest BCUT2D eigenvalue weighted by Gasteiger charge is 2.39. The summed E-state index contributed by atoms with van der Waals surface area (Å²) in [5, 5.41) is 10.6. The fourth-order valence-electron chi connectivity index (χ4n) is 1.91. The highest BCUT2D eigenvalue weighted by molar-refractivity contribution is 5.24. The lowest BCUT2D eigenvalue weighted by Crippen LogP contribution is -2.39. The standard InChI is InChI=1S/C14H21O/c1-5-11-13(2,3)14(4,15)12-9-7-6-8-10-12/h6-10,15H,2,5,11H2,1,3-4H3. The molecule has 0 saturated carbocycles. The molecule has 1 aromatic rings. The number of rotatable bonds is 4. The van der Waals surface area contributed by atoms with Crippen LogP contribution in [0, 0.1) is 12.3 Å². The lowest BCUT2D eigenvalue weighted by atomic mass is 9.69. The van der Waals surface area contributed by atoms with Crippen LogP contribution in [-0.4, -0.2) is 5.11 Å². The first-order valence-electron chi connectivity index (χ1n) is 5.55. The zero-order valence-electron chi connectivity index (χ0n) is 9.96. The lowest BCUT2D eigenvalue weighted by Gasteiger charge is -2.40. The van der Waals surface area contributed by atoms with Crippen LogP contribution in [-0.2, 0) is 5.60 Å². The minimum atomic E-state index is -0.871. The molecule has 1 N–H and O–H groups in total. The molecule has 0 aliphatic carbocycles. The Morgan fingerprint density at radius 1 is 1.20 bits per heavy atom. The molecule has 1 aromatic carbocycles. The van der Waals surface area contributed by atoms with Gasteiger partial charge in [-0.1, -0.05) is 50.6 Å². The average Bonchev–Trinajstić information content (AvgIpc) is 2.19. The largest absolute Gasteiger partial charge is 0.385 e. The van der Waals surface area contributed by atoms with Gasteiger partial charge in [-0.25, -0.2) is 0 Å². The third-order valence-corrected chi connectivity index (χ3v) is 3.31. The quantitative estimate of drug-likeness (QED) is 0.797. The van der Waals surface area contributed by atoms with E-state index in [2.05, 4.69) is 13.8 Å². The molecule has 0 aromatic heterocycles. The molecular weight excluding hydrogens is 184 g/mol. The van der Waals surface area contributed by atoms with Crippen molar-refractivity contribution in [2.24, 2.45) is 5.41 Å². The van der Waals surface area contributed by atoms with E-state index in [4.69, 9.17) is 0 Å². The predicted octanol–water partition coefficient (Wildman–Crippen LogP) is 3.53. The van der Waals surface area contributed by atoms with E-state index in [1.54, 1.807) is 0 Å². The maximum atomic E-state index is 10.6. The molecule has 1 heteroatoms. The van der Waals surface area contributed by atoms with Crippen molar-refractivity contribution in [3.63, 3.8) is 0 Å². The Balaban J connectivity index is 3.01. The summed E-state index contributed by atoms with van der Waals surface area (Å²) in [4.78, 5) is 0. The summed E-state index contributed by atoms with van der Waals surface area (Å²) in [6, 6.07) is 9.77. The van der Waals surface area contributed by atoms with E-state index in [1.807, 2.05) is 44.2 Å². The van der Waals surface area contributed by atoms with Gasteiger partial charge >= 0.3 is 0 Å². The molecule has 83 valence electrons.